The summed E-state index contributed by atoms with van der Waals surface area (Å²) in [6, 6.07) is 13.7. The molecule has 0 fully saturated rings. The van der Waals surface area contributed by atoms with Crippen LogP contribution in [0.2, 0.25) is 0 Å². The van der Waals surface area contributed by atoms with E-state index in [0.717, 1.165) is 11.3 Å². The van der Waals surface area contributed by atoms with Crippen LogP contribution in [-0.4, -0.2) is 32.1 Å². The Labute approximate surface area is 152 Å². The first-order chi connectivity index (χ1) is 12.1. The lowest BCUT2D eigenvalue weighted by Gasteiger charge is -2.07. The van der Waals surface area contributed by atoms with Crippen molar-refractivity contribution in [3.05, 3.63) is 59.2 Å². The summed E-state index contributed by atoms with van der Waals surface area (Å²) >= 11 is 1.55. The zero-order chi connectivity index (χ0) is 18.1. The topological polar surface area (TPSA) is 59.9 Å². The van der Waals surface area contributed by atoms with Gasteiger partial charge >= 0.3 is 0 Å². The summed E-state index contributed by atoms with van der Waals surface area (Å²) in [5.41, 5.74) is 5.72. The fourth-order valence-corrected chi connectivity index (χ4v) is 2.86. The summed E-state index contributed by atoms with van der Waals surface area (Å²) in [7, 11) is 3.17. The minimum Gasteiger partial charge on any atom is -0.497 e. The van der Waals surface area contributed by atoms with Crippen molar-refractivity contribution < 1.29 is 14.3 Å². The molecule has 0 atom stereocenters. The molecule has 0 heterocycles. The summed E-state index contributed by atoms with van der Waals surface area (Å²) in [6.45, 7) is 2.06. The van der Waals surface area contributed by atoms with E-state index in [2.05, 4.69) is 41.7 Å². The van der Waals surface area contributed by atoms with Crippen molar-refractivity contribution >= 4 is 23.9 Å². The molecular weight excluding hydrogens is 336 g/mol. The first-order valence-corrected chi connectivity index (χ1v) is 8.95. The lowest BCUT2D eigenvalue weighted by Crippen LogP contribution is -2.19. The predicted molar refractivity (Wildman–Crippen MR) is 103 cm³/mol. The van der Waals surface area contributed by atoms with Gasteiger partial charge in [0, 0.05) is 17.4 Å². The molecule has 0 aromatic heterocycles. The number of nitrogens with zero attached hydrogens (tertiary/aromatic N) is 1. The quantitative estimate of drug-likeness (QED) is 0.580. The normalized spacial score (nSPS) is 10.7. The van der Waals surface area contributed by atoms with Gasteiger partial charge in [-0.25, -0.2) is 5.43 Å². The highest BCUT2D eigenvalue weighted by Crippen LogP contribution is 2.23. The Bertz CT molecular complexity index is 730. The molecule has 132 valence electrons. The van der Waals surface area contributed by atoms with Gasteiger partial charge in [-0.3, -0.25) is 4.79 Å². The van der Waals surface area contributed by atoms with Gasteiger partial charge in [-0.1, -0.05) is 29.8 Å². The van der Waals surface area contributed by atoms with Crippen LogP contribution in [0.15, 0.2) is 47.6 Å². The minimum absolute atomic E-state index is 0.138. The van der Waals surface area contributed by atoms with Crippen LogP contribution < -0.4 is 14.9 Å². The smallest absolute Gasteiger partial charge is 0.250 e. The molecule has 0 aliphatic carbocycles. The molecule has 6 heteroatoms. The molecule has 25 heavy (non-hydrogen) atoms. The highest BCUT2D eigenvalue weighted by molar-refractivity contribution is 7.99. The monoisotopic (exact) mass is 358 g/mol. The number of carbonyl (C=O) groups is 1. The summed E-state index contributed by atoms with van der Waals surface area (Å²) in [6.07, 6.45) is 1.56. The minimum atomic E-state index is -0.138. The summed E-state index contributed by atoms with van der Waals surface area (Å²) in [5, 5.41) is 3.98. The number of hydrogen-bond acceptors (Lipinski definition) is 5. The summed E-state index contributed by atoms with van der Waals surface area (Å²) in [4.78, 5) is 11.8. The zero-order valence-electron chi connectivity index (χ0n) is 14.6. The Kier molecular flexibility index (Phi) is 7.35. The van der Waals surface area contributed by atoms with Crippen LogP contribution in [0.5, 0.6) is 11.5 Å². The van der Waals surface area contributed by atoms with Crippen molar-refractivity contribution in [2.75, 3.05) is 20.0 Å². The number of benzene rings is 2. The SMILES string of the molecule is COc1ccc(/C=N\NC(=O)CSCc2ccc(C)cc2)c(OC)c1. The molecule has 0 bridgehead atoms. The van der Waals surface area contributed by atoms with Crippen LogP contribution in [0.4, 0.5) is 0 Å². The lowest BCUT2D eigenvalue weighted by atomic mass is 10.2. The number of thioether (sulfide) groups is 1. The third-order valence-corrected chi connectivity index (χ3v) is 4.46. The number of nitrogens with one attached hydrogen (secondary N) is 1. The molecule has 2 aromatic carbocycles. The van der Waals surface area contributed by atoms with Crippen LogP contribution >= 0.6 is 11.8 Å². The van der Waals surface area contributed by atoms with E-state index in [1.807, 2.05) is 12.1 Å². The number of ether oxygens (including phenoxy) is 2. The van der Waals surface area contributed by atoms with Gasteiger partial charge < -0.3 is 9.47 Å². The number of rotatable bonds is 8. The number of methoxy groups -OCH3 is 2. The van der Waals surface area contributed by atoms with Gasteiger partial charge in [0.2, 0.25) is 5.91 Å². The van der Waals surface area contributed by atoms with Crippen molar-refractivity contribution in [2.45, 2.75) is 12.7 Å². The fourth-order valence-electron chi connectivity index (χ4n) is 2.08. The van der Waals surface area contributed by atoms with E-state index >= 15 is 0 Å². The first-order valence-electron chi connectivity index (χ1n) is 7.79. The van der Waals surface area contributed by atoms with Crippen LogP contribution in [0.1, 0.15) is 16.7 Å². The average Bonchev–Trinajstić information content (AvgIpc) is 2.63. The van der Waals surface area contributed by atoms with Gasteiger partial charge in [0.1, 0.15) is 11.5 Å². The maximum atomic E-state index is 11.8. The van der Waals surface area contributed by atoms with Gasteiger partial charge in [0.25, 0.3) is 0 Å². The van der Waals surface area contributed by atoms with E-state index < -0.39 is 0 Å². The Morgan fingerprint density at radius 3 is 2.60 bits per heavy atom. The number of hydrogen-bond donors (Lipinski definition) is 1. The van der Waals surface area contributed by atoms with E-state index in [9.17, 15) is 4.79 Å². The highest BCUT2D eigenvalue weighted by Gasteiger charge is 2.04. The molecule has 2 rings (SSSR count). The molecule has 0 unspecified atom stereocenters. The second-order valence-corrected chi connectivity index (χ2v) is 6.37. The second-order valence-electron chi connectivity index (χ2n) is 5.38. The van der Waals surface area contributed by atoms with Gasteiger partial charge in [0.15, 0.2) is 0 Å². The third kappa shape index (κ3) is 6.15. The maximum absolute atomic E-state index is 11.8. The molecular formula is C19H22N2O3S. The van der Waals surface area contributed by atoms with E-state index in [0.29, 0.717) is 17.3 Å². The Morgan fingerprint density at radius 2 is 1.92 bits per heavy atom. The molecule has 1 amide bonds. The van der Waals surface area contributed by atoms with Crippen molar-refractivity contribution in [3.63, 3.8) is 0 Å². The van der Waals surface area contributed by atoms with Gasteiger partial charge in [-0.2, -0.15) is 5.10 Å². The maximum Gasteiger partial charge on any atom is 0.250 e. The average molecular weight is 358 g/mol. The number of hydrazone groups is 1. The molecule has 0 radical (unpaired) electrons. The van der Waals surface area contributed by atoms with Crippen molar-refractivity contribution in [2.24, 2.45) is 5.10 Å². The van der Waals surface area contributed by atoms with Gasteiger partial charge in [-0.15, -0.1) is 11.8 Å². The zero-order valence-corrected chi connectivity index (χ0v) is 15.4. The van der Waals surface area contributed by atoms with Crippen LogP contribution in [0.25, 0.3) is 0 Å². The Balaban J connectivity index is 1.79. The van der Waals surface area contributed by atoms with E-state index in [-0.39, 0.29) is 5.91 Å². The molecule has 5 nitrogen and oxygen atoms in total. The van der Waals surface area contributed by atoms with Gasteiger partial charge in [-0.05, 0) is 24.6 Å². The molecule has 0 spiro atoms. The Morgan fingerprint density at radius 1 is 1.16 bits per heavy atom. The molecule has 0 saturated heterocycles. The van der Waals surface area contributed by atoms with E-state index in [1.54, 1.807) is 38.3 Å². The van der Waals surface area contributed by atoms with Crippen LogP contribution in [0, 0.1) is 6.92 Å². The number of carbonyl (C=O) groups excluding carboxylic acids is 1. The number of aryl methyl sites for hydroxylation is 1. The van der Waals surface area contributed by atoms with Gasteiger partial charge in [0.05, 0.1) is 26.2 Å². The van der Waals surface area contributed by atoms with E-state index in [1.165, 1.54) is 11.1 Å². The highest BCUT2D eigenvalue weighted by atomic mass is 32.2. The fraction of sp³-hybridized carbons (Fsp3) is 0.263. The third-order valence-electron chi connectivity index (χ3n) is 3.46. The largest absolute Gasteiger partial charge is 0.497 e. The number of amides is 1. The molecule has 0 aliphatic rings. The van der Waals surface area contributed by atoms with Crippen LogP contribution in [0.3, 0.4) is 0 Å². The molecule has 2 aromatic rings. The molecule has 1 N–H and O–H groups in total. The van der Waals surface area contributed by atoms with Crippen molar-refractivity contribution in [3.8, 4) is 11.5 Å². The summed E-state index contributed by atoms with van der Waals surface area (Å²) < 4.78 is 10.4. The van der Waals surface area contributed by atoms with Crippen molar-refractivity contribution in [1.29, 1.82) is 0 Å². The summed E-state index contributed by atoms with van der Waals surface area (Å²) in [5.74, 6) is 2.34. The molecule has 0 aliphatic heterocycles. The van der Waals surface area contributed by atoms with E-state index in [4.69, 9.17) is 9.47 Å². The van der Waals surface area contributed by atoms with Crippen molar-refractivity contribution in [1.82, 2.24) is 5.43 Å². The predicted octanol–water partition coefficient (Wildman–Crippen LogP) is 3.40. The second kappa shape index (κ2) is 9.74. The van der Waals surface area contributed by atoms with Crippen LogP contribution in [-0.2, 0) is 10.5 Å². The molecule has 0 saturated carbocycles. The lowest BCUT2D eigenvalue weighted by molar-refractivity contribution is -0.118. The Hall–Kier alpha value is -2.47. The standard InChI is InChI=1S/C19H22N2O3S/c1-14-4-6-15(7-5-14)12-25-13-19(22)21-20-11-16-8-9-17(23-2)10-18(16)24-3/h4-11H,12-13H2,1-3H3,(H,21,22)/b20-11-. The first kappa shape index (κ1) is 18.9.